The van der Waals surface area contributed by atoms with Crippen LogP contribution in [0.4, 0.5) is 0 Å². The summed E-state index contributed by atoms with van der Waals surface area (Å²) < 4.78 is 0. The van der Waals surface area contributed by atoms with Gasteiger partial charge in [0.25, 0.3) is 0 Å². The maximum absolute atomic E-state index is 4.13. The molecule has 1 aromatic heterocycles. The number of aryl methyl sites for hydroxylation is 1. The number of hydrogen-bond acceptors (Lipinski definition) is 3. The molecular weight excluding hydrogens is 162 g/mol. The maximum Gasteiger partial charge on any atom is 0.115 e. The smallest absolute Gasteiger partial charge is 0.115 e. The van der Waals surface area contributed by atoms with Crippen molar-refractivity contribution >= 4 is 0 Å². The van der Waals surface area contributed by atoms with Gasteiger partial charge in [0.05, 0.1) is 5.69 Å². The van der Waals surface area contributed by atoms with E-state index in [0.29, 0.717) is 0 Å². The van der Waals surface area contributed by atoms with Gasteiger partial charge in [-0.15, -0.1) is 0 Å². The molecule has 0 bridgehead atoms. The van der Waals surface area contributed by atoms with Gasteiger partial charge in [0.2, 0.25) is 0 Å². The number of nitrogens with zero attached hydrogens (tertiary/aromatic N) is 3. The Bertz CT molecular complexity index is 233. The monoisotopic (exact) mass is 181 g/mol. The van der Waals surface area contributed by atoms with Crippen molar-refractivity contribution < 1.29 is 0 Å². The zero-order valence-electron chi connectivity index (χ0n) is 9.20. The molecule has 0 aliphatic carbocycles. The highest BCUT2D eigenvalue weighted by atomic mass is 15.1. The zero-order chi connectivity index (χ0) is 10.3. The van der Waals surface area contributed by atoms with Crippen molar-refractivity contribution in [3.63, 3.8) is 0 Å². The van der Waals surface area contributed by atoms with Gasteiger partial charge in [-0.25, -0.2) is 9.97 Å². The van der Waals surface area contributed by atoms with E-state index in [1.807, 2.05) is 40.9 Å². The molecule has 0 saturated heterocycles. The molecule has 0 atom stereocenters. The van der Waals surface area contributed by atoms with Gasteiger partial charge in [0, 0.05) is 12.2 Å². The Morgan fingerprint density at radius 2 is 1.85 bits per heavy atom. The molecule has 0 N–H and O–H groups in total. The van der Waals surface area contributed by atoms with Crippen LogP contribution in [0.1, 0.15) is 25.2 Å². The molecule has 0 radical (unpaired) electrons. The van der Waals surface area contributed by atoms with Crippen LogP contribution < -0.4 is 0 Å². The highest BCUT2D eigenvalue weighted by molar-refractivity contribution is 5.05. The van der Waals surface area contributed by atoms with Crippen LogP contribution >= 0.6 is 0 Å². The van der Waals surface area contributed by atoms with Crippen molar-refractivity contribution in [2.45, 2.75) is 27.3 Å². The second-order valence-corrected chi connectivity index (χ2v) is 2.89. The number of rotatable bonds is 2. The molecular formula is C10H19N3. The van der Waals surface area contributed by atoms with Crippen LogP contribution in [0.5, 0.6) is 0 Å². The molecule has 0 unspecified atom stereocenters. The Kier molecular flexibility index (Phi) is 6.06. The van der Waals surface area contributed by atoms with E-state index >= 15 is 0 Å². The average Bonchev–Trinajstić information content (AvgIpc) is 2.06. The standard InChI is InChI=1S/C8H13N3.C2H6/c1-7-4-8(5-11(2)3)10-6-9-7;1-2/h4,6H,5H2,1-3H3;1-2H3. The van der Waals surface area contributed by atoms with Gasteiger partial charge in [0.1, 0.15) is 6.33 Å². The molecule has 0 spiro atoms. The summed E-state index contributed by atoms with van der Waals surface area (Å²) >= 11 is 0. The van der Waals surface area contributed by atoms with E-state index in [0.717, 1.165) is 17.9 Å². The first kappa shape index (κ1) is 12.0. The van der Waals surface area contributed by atoms with Gasteiger partial charge in [-0.05, 0) is 27.1 Å². The van der Waals surface area contributed by atoms with Crippen LogP contribution in [0.2, 0.25) is 0 Å². The quantitative estimate of drug-likeness (QED) is 0.697. The predicted octanol–water partition coefficient (Wildman–Crippen LogP) is 1.87. The molecule has 74 valence electrons. The minimum atomic E-state index is 0.878. The van der Waals surface area contributed by atoms with Gasteiger partial charge >= 0.3 is 0 Å². The van der Waals surface area contributed by atoms with Crippen LogP contribution in [0.15, 0.2) is 12.4 Å². The van der Waals surface area contributed by atoms with Crippen LogP contribution in [0.3, 0.4) is 0 Å². The van der Waals surface area contributed by atoms with Gasteiger partial charge in [-0.2, -0.15) is 0 Å². The van der Waals surface area contributed by atoms with Crippen molar-refractivity contribution in [1.29, 1.82) is 0 Å². The fourth-order valence-electron chi connectivity index (χ4n) is 0.920. The third-order valence-corrected chi connectivity index (χ3v) is 1.34. The Labute approximate surface area is 80.8 Å². The summed E-state index contributed by atoms with van der Waals surface area (Å²) in [5.41, 5.74) is 2.10. The van der Waals surface area contributed by atoms with Gasteiger partial charge < -0.3 is 4.90 Å². The van der Waals surface area contributed by atoms with E-state index in [4.69, 9.17) is 0 Å². The lowest BCUT2D eigenvalue weighted by atomic mass is 10.3. The minimum Gasteiger partial charge on any atom is -0.304 e. The molecule has 0 fully saturated rings. The van der Waals surface area contributed by atoms with Crippen LogP contribution in [0, 0.1) is 6.92 Å². The first-order chi connectivity index (χ1) is 6.18. The Hall–Kier alpha value is -0.960. The molecule has 1 heterocycles. The summed E-state index contributed by atoms with van der Waals surface area (Å²) in [6, 6.07) is 2.00. The lowest BCUT2D eigenvalue weighted by Crippen LogP contribution is -2.12. The van der Waals surface area contributed by atoms with Crippen molar-refractivity contribution in [2.75, 3.05) is 14.1 Å². The Balaban J connectivity index is 0.000000671. The van der Waals surface area contributed by atoms with E-state index < -0.39 is 0 Å². The number of hydrogen-bond donors (Lipinski definition) is 0. The molecule has 3 heteroatoms. The molecule has 1 rings (SSSR count). The topological polar surface area (TPSA) is 29.0 Å². The van der Waals surface area contributed by atoms with E-state index in [9.17, 15) is 0 Å². The molecule has 0 aliphatic rings. The van der Waals surface area contributed by atoms with Gasteiger partial charge in [-0.3, -0.25) is 0 Å². The summed E-state index contributed by atoms with van der Waals surface area (Å²) in [5.74, 6) is 0. The minimum absolute atomic E-state index is 0.878. The van der Waals surface area contributed by atoms with E-state index in [2.05, 4.69) is 14.9 Å². The Morgan fingerprint density at radius 1 is 1.23 bits per heavy atom. The van der Waals surface area contributed by atoms with E-state index in [1.54, 1.807) is 6.33 Å². The van der Waals surface area contributed by atoms with Crippen molar-refractivity contribution in [3.05, 3.63) is 23.8 Å². The first-order valence-corrected chi connectivity index (χ1v) is 4.61. The number of aromatic nitrogens is 2. The maximum atomic E-state index is 4.13. The molecule has 13 heavy (non-hydrogen) atoms. The van der Waals surface area contributed by atoms with Crippen molar-refractivity contribution in [1.82, 2.24) is 14.9 Å². The largest absolute Gasteiger partial charge is 0.304 e. The first-order valence-electron chi connectivity index (χ1n) is 4.61. The lowest BCUT2D eigenvalue weighted by molar-refractivity contribution is 0.396. The fourth-order valence-corrected chi connectivity index (χ4v) is 0.920. The molecule has 1 aromatic rings. The fraction of sp³-hybridized carbons (Fsp3) is 0.600. The van der Waals surface area contributed by atoms with Gasteiger partial charge in [-0.1, -0.05) is 13.8 Å². The van der Waals surface area contributed by atoms with E-state index in [1.165, 1.54) is 0 Å². The van der Waals surface area contributed by atoms with Crippen LogP contribution in [-0.2, 0) is 6.54 Å². The highest BCUT2D eigenvalue weighted by Crippen LogP contribution is 1.98. The lowest BCUT2D eigenvalue weighted by Gasteiger charge is -2.07. The predicted molar refractivity (Wildman–Crippen MR) is 55.5 cm³/mol. The zero-order valence-corrected chi connectivity index (χ0v) is 9.20. The molecule has 0 aliphatic heterocycles. The summed E-state index contributed by atoms with van der Waals surface area (Å²) in [4.78, 5) is 10.2. The third kappa shape index (κ3) is 5.31. The average molecular weight is 181 g/mol. The molecule has 0 amide bonds. The summed E-state index contributed by atoms with van der Waals surface area (Å²) in [6.07, 6.45) is 1.61. The van der Waals surface area contributed by atoms with Crippen LogP contribution in [-0.4, -0.2) is 29.0 Å². The molecule has 0 saturated carbocycles. The SMILES string of the molecule is CC.Cc1cc(CN(C)C)ncn1. The Morgan fingerprint density at radius 3 is 2.31 bits per heavy atom. The molecule has 3 nitrogen and oxygen atoms in total. The second kappa shape index (κ2) is 6.54. The molecule has 0 aromatic carbocycles. The summed E-state index contributed by atoms with van der Waals surface area (Å²) in [7, 11) is 4.05. The summed E-state index contributed by atoms with van der Waals surface area (Å²) in [5, 5.41) is 0. The van der Waals surface area contributed by atoms with Crippen molar-refractivity contribution in [2.24, 2.45) is 0 Å². The highest BCUT2D eigenvalue weighted by Gasteiger charge is 1.95. The summed E-state index contributed by atoms with van der Waals surface area (Å²) in [6.45, 7) is 6.85. The third-order valence-electron chi connectivity index (χ3n) is 1.34. The van der Waals surface area contributed by atoms with Crippen LogP contribution in [0.25, 0.3) is 0 Å². The van der Waals surface area contributed by atoms with Crippen molar-refractivity contribution in [3.8, 4) is 0 Å². The normalized spacial score (nSPS) is 9.38. The second-order valence-electron chi connectivity index (χ2n) is 2.89. The van der Waals surface area contributed by atoms with Gasteiger partial charge in [0.15, 0.2) is 0 Å². The van der Waals surface area contributed by atoms with E-state index in [-0.39, 0.29) is 0 Å².